The number of aliphatic carboxylic acids is 1. The molecule has 0 saturated heterocycles. The number of esters is 1. The number of hydrogen-bond donors (Lipinski definition) is 1. The van der Waals surface area contributed by atoms with Gasteiger partial charge in [0.1, 0.15) is 6.04 Å². The SMILES string of the molecule is CC(C(=O)OCCCC(=O)O)N(C)C. The molecular weight excluding hydrogens is 186 g/mol. The van der Waals surface area contributed by atoms with E-state index in [1.165, 1.54) is 0 Å². The molecule has 5 heteroatoms. The molecule has 0 aromatic carbocycles. The van der Waals surface area contributed by atoms with Gasteiger partial charge in [0.2, 0.25) is 0 Å². The number of carbonyl (C=O) groups excluding carboxylic acids is 1. The number of carboxylic acid groups (broad SMARTS) is 1. The van der Waals surface area contributed by atoms with E-state index in [0.29, 0.717) is 6.42 Å². The number of carbonyl (C=O) groups is 2. The van der Waals surface area contributed by atoms with Gasteiger partial charge in [0, 0.05) is 6.42 Å². The van der Waals surface area contributed by atoms with Gasteiger partial charge in [-0.3, -0.25) is 14.5 Å². The molecule has 0 aliphatic heterocycles. The highest BCUT2D eigenvalue weighted by Gasteiger charge is 2.15. The first-order valence-corrected chi connectivity index (χ1v) is 4.50. The van der Waals surface area contributed by atoms with E-state index in [4.69, 9.17) is 9.84 Å². The first kappa shape index (κ1) is 12.9. The van der Waals surface area contributed by atoms with Crippen LogP contribution >= 0.6 is 0 Å². The van der Waals surface area contributed by atoms with Crippen molar-refractivity contribution >= 4 is 11.9 Å². The second-order valence-corrected chi connectivity index (χ2v) is 3.30. The molecule has 0 radical (unpaired) electrons. The van der Waals surface area contributed by atoms with Crippen molar-refractivity contribution in [1.82, 2.24) is 4.90 Å². The van der Waals surface area contributed by atoms with Gasteiger partial charge < -0.3 is 9.84 Å². The number of nitrogens with zero attached hydrogens (tertiary/aromatic N) is 1. The summed E-state index contributed by atoms with van der Waals surface area (Å²) >= 11 is 0. The van der Waals surface area contributed by atoms with E-state index in [1.807, 2.05) is 0 Å². The van der Waals surface area contributed by atoms with Crippen molar-refractivity contribution < 1.29 is 19.4 Å². The molecule has 1 N–H and O–H groups in total. The quantitative estimate of drug-likeness (QED) is 0.498. The van der Waals surface area contributed by atoms with Crippen molar-refractivity contribution in [2.75, 3.05) is 20.7 Å². The highest BCUT2D eigenvalue weighted by Crippen LogP contribution is 1.97. The molecule has 5 nitrogen and oxygen atoms in total. The molecule has 0 aliphatic rings. The molecule has 0 bridgehead atoms. The Morgan fingerprint density at radius 3 is 2.43 bits per heavy atom. The predicted molar refractivity (Wildman–Crippen MR) is 51.0 cm³/mol. The fraction of sp³-hybridized carbons (Fsp3) is 0.778. The van der Waals surface area contributed by atoms with Crippen molar-refractivity contribution in [1.29, 1.82) is 0 Å². The van der Waals surface area contributed by atoms with Gasteiger partial charge in [0.15, 0.2) is 0 Å². The fourth-order valence-corrected chi connectivity index (χ4v) is 0.728. The summed E-state index contributed by atoms with van der Waals surface area (Å²) < 4.78 is 4.87. The first-order valence-electron chi connectivity index (χ1n) is 4.50. The van der Waals surface area contributed by atoms with Crippen LogP contribution < -0.4 is 0 Å². The average molecular weight is 203 g/mol. The van der Waals surface area contributed by atoms with Crippen LogP contribution in [0.15, 0.2) is 0 Å². The van der Waals surface area contributed by atoms with Crippen LogP contribution in [0.1, 0.15) is 19.8 Å². The Balaban J connectivity index is 3.59. The number of likely N-dealkylation sites (N-methyl/N-ethyl adjacent to an activating group) is 1. The Kier molecular flexibility index (Phi) is 5.87. The normalized spacial score (nSPS) is 12.6. The van der Waals surface area contributed by atoms with Gasteiger partial charge in [-0.2, -0.15) is 0 Å². The molecule has 0 fully saturated rings. The summed E-state index contributed by atoms with van der Waals surface area (Å²) in [5, 5.41) is 8.33. The van der Waals surface area contributed by atoms with Crippen molar-refractivity contribution in [2.45, 2.75) is 25.8 Å². The van der Waals surface area contributed by atoms with E-state index in [0.717, 1.165) is 0 Å². The summed E-state index contributed by atoms with van der Waals surface area (Å²) in [7, 11) is 3.56. The first-order chi connectivity index (χ1) is 6.45. The molecule has 0 amide bonds. The van der Waals surface area contributed by atoms with E-state index < -0.39 is 5.97 Å². The molecule has 1 unspecified atom stereocenters. The Morgan fingerprint density at radius 1 is 1.43 bits per heavy atom. The molecule has 0 aromatic rings. The molecule has 0 aliphatic carbocycles. The Bertz CT molecular complexity index is 203. The van der Waals surface area contributed by atoms with Crippen LogP contribution in [0.3, 0.4) is 0 Å². The second kappa shape index (κ2) is 6.37. The van der Waals surface area contributed by atoms with Crippen LogP contribution in [-0.2, 0) is 14.3 Å². The molecule has 0 aromatic heterocycles. The number of hydrogen-bond acceptors (Lipinski definition) is 4. The van der Waals surface area contributed by atoms with Crippen molar-refractivity contribution in [3.05, 3.63) is 0 Å². The summed E-state index contributed by atoms with van der Waals surface area (Å²) in [6, 6.07) is -0.292. The maximum atomic E-state index is 11.2. The minimum Gasteiger partial charge on any atom is -0.481 e. The summed E-state index contributed by atoms with van der Waals surface area (Å²) in [6.07, 6.45) is 0.394. The number of rotatable bonds is 6. The van der Waals surface area contributed by atoms with Crippen molar-refractivity contribution in [3.8, 4) is 0 Å². The molecule has 82 valence electrons. The van der Waals surface area contributed by atoms with Gasteiger partial charge in [0.05, 0.1) is 6.61 Å². The highest BCUT2D eigenvalue weighted by molar-refractivity contribution is 5.75. The van der Waals surface area contributed by atoms with E-state index in [9.17, 15) is 9.59 Å². The van der Waals surface area contributed by atoms with Crippen LogP contribution in [0.25, 0.3) is 0 Å². The maximum absolute atomic E-state index is 11.2. The smallest absolute Gasteiger partial charge is 0.323 e. The zero-order valence-electron chi connectivity index (χ0n) is 8.82. The van der Waals surface area contributed by atoms with E-state index in [1.54, 1.807) is 25.9 Å². The number of carboxylic acids is 1. The van der Waals surface area contributed by atoms with Gasteiger partial charge >= 0.3 is 11.9 Å². The zero-order valence-corrected chi connectivity index (χ0v) is 8.82. The molecule has 0 saturated carbocycles. The molecular formula is C9H17NO4. The third kappa shape index (κ3) is 5.53. The van der Waals surface area contributed by atoms with E-state index >= 15 is 0 Å². The largest absolute Gasteiger partial charge is 0.481 e. The molecule has 1 atom stereocenters. The fourth-order valence-electron chi connectivity index (χ4n) is 0.728. The van der Waals surface area contributed by atoms with Gasteiger partial charge in [-0.15, -0.1) is 0 Å². The summed E-state index contributed by atoms with van der Waals surface area (Å²) in [5.41, 5.74) is 0. The molecule has 0 rings (SSSR count). The minimum absolute atomic E-state index is 0.0314. The standard InChI is InChI=1S/C9H17NO4/c1-7(10(2)3)9(13)14-6-4-5-8(11)12/h7H,4-6H2,1-3H3,(H,11,12). The third-order valence-electron chi connectivity index (χ3n) is 1.90. The van der Waals surface area contributed by atoms with Crippen molar-refractivity contribution in [2.24, 2.45) is 0 Å². The lowest BCUT2D eigenvalue weighted by Gasteiger charge is -2.17. The van der Waals surface area contributed by atoms with Gasteiger partial charge in [-0.1, -0.05) is 0 Å². The Morgan fingerprint density at radius 2 is 2.00 bits per heavy atom. The predicted octanol–water partition coefficient (Wildman–Crippen LogP) is 0.344. The van der Waals surface area contributed by atoms with E-state index in [2.05, 4.69) is 0 Å². The third-order valence-corrected chi connectivity index (χ3v) is 1.90. The Hall–Kier alpha value is -1.10. The van der Waals surface area contributed by atoms with Gasteiger partial charge in [-0.05, 0) is 27.4 Å². The monoisotopic (exact) mass is 203 g/mol. The van der Waals surface area contributed by atoms with Crippen LogP contribution in [0.4, 0.5) is 0 Å². The minimum atomic E-state index is -0.873. The lowest BCUT2D eigenvalue weighted by Crippen LogP contribution is -2.34. The summed E-state index contributed by atoms with van der Waals surface area (Å²) in [5.74, 6) is -1.19. The van der Waals surface area contributed by atoms with E-state index in [-0.39, 0.29) is 25.0 Å². The van der Waals surface area contributed by atoms with Crippen LogP contribution in [0, 0.1) is 0 Å². The molecule has 0 spiro atoms. The van der Waals surface area contributed by atoms with Crippen LogP contribution in [0.2, 0.25) is 0 Å². The Labute approximate surface area is 83.6 Å². The van der Waals surface area contributed by atoms with Crippen LogP contribution in [0.5, 0.6) is 0 Å². The van der Waals surface area contributed by atoms with Crippen molar-refractivity contribution in [3.63, 3.8) is 0 Å². The lowest BCUT2D eigenvalue weighted by molar-refractivity contribution is -0.149. The number of ether oxygens (including phenoxy) is 1. The molecule has 0 heterocycles. The highest BCUT2D eigenvalue weighted by atomic mass is 16.5. The molecule has 14 heavy (non-hydrogen) atoms. The average Bonchev–Trinajstić information content (AvgIpc) is 2.10. The second-order valence-electron chi connectivity index (χ2n) is 3.30. The lowest BCUT2D eigenvalue weighted by atomic mass is 10.3. The van der Waals surface area contributed by atoms with Gasteiger partial charge in [-0.25, -0.2) is 0 Å². The zero-order chi connectivity index (χ0) is 11.1. The summed E-state index contributed by atoms with van der Waals surface area (Å²) in [6.45, 7) is 1.91. The van der Waals surface area contributed by atoms with Crippen LogP contribution in [-0.4, -0.2) is 48.7 Å². The van der Waals surface area contributed by atoms with Gasteiger partial charge in [0.25, 0.3) is 0 Å². The maximum Gasteiger partial charge on any atom is 0.323 e. The topological polar surface area (TPSA) is 66.8 Å². The summed E-state index contributed by atoms with van der Waals surface area (Å²) in [4.78, 5) is 23.1.